The van der Waals surface area contributed by atoms with E-state index in [1.54, 1.807) is 0 Å². The molecule has 0 radical (unpaired) electrons. The number of hydrogen-bond acceptors (Lipinski definition) is 2. The van der Waals surface area contributed by atoms with Crippen LogP contribution in [0.3, 0.4) is 0 Å². The predicted octanol–water partition coefficient (Wildman–Crippen LogP) is 2.38. The van der Waals surface area contributed by atoms with Crippen molar-refractivity contribution in [2.45, 2.75) is 63.5 Å². The Kier molecular flexibility index (Phi) is 4.04. The van der Waals surface area contributed by atoms with Gasteiger partial charge < -0.3 is 10.6 Å². The van der Waals surface area contributed by atoms with E-state index in [0.717, 1.165) is 18.5 Å². The van der Waals surface area contributed by atoms with Crippen LogP contribution in [0.4, 0.5) is 0 Å². The van der Waals surface area contributed by atoms with Gasteiger partial charge in [0, 0.05) is 18.6 Å². The summed E-state index contributed by atoms with van der Waals surface area (Å²) >= 11 is 0. The minimum Gasteiger partial charge on any atom is -0.326 e. The molecule has 2 fully saturated rings. The molecular formula is C13H26N2. The maximum atomic E-state index is 6.32. The minimum absolute atomic E-state index is 0.427. The molecule has 0 aliphatic heterocycles. The van der Waals surface area contributed by atoms with Crippen LogP contribution < -0.4 is 5.73 Å². The lowest BCUT2D eigenvalue weighted by molar-refractivity contribution is 0.133. The summed E-state index contributed by atoms with van der Waals surface area (Å²) in [6.07, 6.45) is 11.2. The number of hydrogen-bond donors (Lipinski definition) is 1. The van der Waals surface area contributed by atoms with Gasteiger partial charge in [-0.3, -0.25) is 0 Å². The Morgan fingerprint density at radius 3 is 2.27 bits per heavy atom. The van der Waals surface area contributed by atoms with Gasteiger partial charge in [0.15, 0.2) is 0 Å². The molecule has 2 heteroatoms. The maximum Gasteiger partial charge on any atom is 0.0196 e. The highest BCUT2D eigenvalue weighted by molar-refractivity contribution is 4.83. The quantitative estimate of drug-likeness (QED) is 0.772. The van der Waals surface area contributed by atoms with E-state index in [2.05, 4.69) is 11.9 Å². The van der Waals surface area contributed by atoms with Gasteiger partial charge in [-0.25, -0.2) is 0 Å². The SMILES string of the molecule is CN(CC(N)C1CCCCC1)C1CCC1. The second-order valence-electron chi connectivity index (χ2n) is 5.59. The molecule has 2 N–H and O–H groups in total. The standard InChI is InChI=1S/C13H26N2/c1-15(12-8-5-9-12)10-13(14)11-6-3-2-4-7-11/h11-13H,2-10,14H2,1H3. The molecule has 15 heavy (non-hydrogen) atoms. The van der Waals surface area contributed by atoms with Crippen LogP contribution in [0.5, 0.6) is 0 Å². The lowest BCUT2D eigenvalue weighted by Crippen LogP contribution is -2.47. The molecule has 0 amide bonds. The molecular weight excluding hydrogens is 184 g/mol. The molecule has 0 aromatic rings. The summed E-state index contributed by atoms with van der Waals surface area (Å²) in [5, 5.41) is 0. The Morgan fingerprint density at radius 1 is 1.07 bits per heavy atom. The van der Waals surface area contributed by atoms with E-state index in [9.17, 15) is 0 Å². The van der Waals surface area contributed by atoms with Crippen molar-refractivity contribution in [1.29, 1.82) is 0 Å². The van der Waals surface area contributed by atoms with Gasteiger partial charge in [-0.15, -0.1) is 0 Å². The summed E-state index contributed by atoms with van der Waals surface area (Å²) in [6, 6.07) is 1.27. The van der Waals surface area contributed by atoms with Crippen LogP contribution >= 0.6 is 0 Å². The number of nitrogens with two attached hydrogens (primary N) is 1. The maximum absolute atomic E-state index is 6.32. The van der Waals surface area contributed by atoms with Gasteiger partial charge in [0.1, 0.15) is 0 Å². The molecule has 88 valence electrons. The molecule has 2 aliphatic carbocycles. The molecule has 0 aromatic carbocycles. The fourth-order valence-electron chi connectivity index (χ4n) is 3.02. The number of rotatable bonds is 4. The smallest absolute Gasteiger partial charge is 0.0196 e. The van der Waals surface area contributed by atoms with E-state index in [1.165, 1.54) is 51.4 Å². The third-order valence-corrected chi connectivity index (χ3v) is 4.45. The van der Waals surface area contributed by atoms with Crippen LogP contribution in [0, 0.1) is 5.92 Å². The first-order chi connectivity index (χ1) is 7.27. The van der Waals surface area contributed by atoms with E-state index >= 15 is 0 Å². The Morgan fingerprint density at radius 2 is 1.73 bits per heavy atom. The van der Waals surface area contributed by atoms with Crippen molar-refractivity contribution in [2.24, 2.45) is 11.7 Å². The van der Waals surface area contributed by atoms with E-state index in [-0.39, 0.29) is 0 Å². The van der Waals surface area contributed by atoms with Crippen LogP contribution in [0.25, 0.3) is 0 Å². The van der Waals surface area contributed by atoms with Gasteiger partial charge in [-0.1, -0.05) is 25.7 Å². The first kappa shape index (κ1) is 11.4. The second kappa shape index (κ2) is 5.31. The lowest BCUT2D eigenvalue weighted by atomic mass is 9.83. The fourth-order valence-corrected chi connectivity index (χ4v) is 3.02. The molecule has 2 aliphatic rings. The molecule has 1 unspecified atom stereocenters. The van der Waals surface area contributed by atoms with Crippen molar-refractivity contribution >= 4 is 0 Å². The normalized spacial score (nSPS) is 26.6. The fraction of sp³-hybridized carbons (Fsp3) is 1.00. The van der Waals surface area contributed by atoms with Crippen molar-refractivity contribution in [1.82, 2.24) is 4.90 Å². The largest absolute Gasteiger partial charge is 0.326 e. The topological polar surface area (TPSA) is 29.3 Å². The van der Waals surface area contributed by atoms with Crippen LogP contribution in [0.2, 0.25) is 0 Å². The van der Waals surface area contributed by atoms with E-state index < -0.39 is 0 Å². The Hall–Kier alpha value is -0.0800. The molecule has 2 rings (SSSR count). The first-order valence-electron chi connectivity index (χ1n) is 6.73. The molecule has 2 saturated carbocycles. The third kappa shape index (κ3) is 2.94. The summed E-state index contributed by atoms with van der Waals surface area (Å²) in [4.78, 5) is 2.50. The zero-order valence-corrected chi connectivity index (χ0v) is 10.1. The van der Waals surface area contributed by atoms with Crippen LogP contribution in [0.1, 0.15) is 51.4 Å². The highest BCUT2D eigenvalue weighted by Crippen LogP contribution is 2.28. The van der Waals surface area contributed by atoms with Crippen molar-refractivity contribution in [3.63, 3.8) is 0 Å². The summed E-state index contributed by atoms with van der Waals surface area (Å²) in [5.74, 6) is 0.807. The zero-order chi connectivity index (χ0) is 10.7. The Bertz CT molecular complexity index is 183. The molecule has 0 spiro atoms. The van der Waals surface area contributed by atoms with E-state index in [0.29, 0.717) is 6.04 Å². The lowest BCUT2D eigenvalue weighted by Gasteiger charge is -2.38. The highest BCUT2D eigenvalue weighted by atomic mass is 15.1. The monoisotopic (exact) mass is 210 g/mol. The van der Waals surface area contributed by atoms with Gasteiger partial charge in [-0.2, -0.15) is 0 Å². The molecule has 0 heterocycles. The van der Waals surface area contributed by atoms with Gasteiger partial charge in [0.05, 0.1) is 0 Å². The summed E-state index contributed by atoms with van der Waals surface area (Å²) in [5.41, 5.74) is 6.32. The molecule has 1 atom stereocenters. The predicted molar refractivity (Wildman–Crippen MR) is 64.8 cm³/mol. The van der Waals surface area contributed by atoms with Crippen LogP contribution in [0.15, 0.2) is 0 Å². The van der Waals surface area contributed by atoms with Gasteiger partial charge >= 0.3 is 0 Å². The van der Waals surface area contributed by atoms with E-state index in [1.807, 2.05) is 0 Å². The van der Waals surface area contributed by atoms with E-state index in [4.69, 9.17) is 5.73 Å². The minimum atomic E-state index is 0.427. The van der Waals surface area contributed by atoms with Crippen molar-refractivity contribution in [2.75, 3.05) is 13.6 Å². The highest BCUT2D eigenvalue weighted by Gasteiger charge is 2.26. The third-order valence-electron chi connectivity index (χ3n) is 4.45. The number of nitrogens with zero attached hydrogens (tertiary/aromatic N) is 1. The molecule has 0 saturated heterocycles. The summed E-state index contributed by atoms with van der Waals surface area (Å²) < 4.78 is 0. The summed E-state index contributed by atoms with van der Waals surface area (Å²) in [7, 11) is 2.26. The van der Waals surface area contributed by atoms with Crippen molar-refractivity contribution in [3.05, 3.63) is 0 Å². The first-order valence-corrected chi connectivity index (χ1v) is 6.73. The Labute approximate surface area is 94.2 Å². The molecule has 0 aromatic heterocycles. The average molecular weight is 210 g/mol. The second-order valence-corrected chi connectivity index (χ2v) is 5.59. The van der Waals surface area contributed by atoms with Gasteiger partial charge in [-0.05, 0) is 38.6 Å². The van der Waals surface area contributed by atoms with Crippen molar-refractivity contribution < 1.29 is 0 Å². The van der Waals surface area contributed by atoms with Crippen LogP contribution in [-0.4, -0.2) is 30.6 Å². The average Bonchev–Trinajstić information content (AvgIpc) is 2.16. The summed E-state index contributed by atoms with van der Waals surface area (Å²) in [6.45, 7) is 1.12. The van der Waals surface area contributed by atoms with Crippen molar-refractivity contribution in [3.8, 4) is 0 Å². The number of likely N-dealkylation sites (N-methyl/N-ethyl adjacent to an activating group) is 1. The molecule has 0 bridgehead atoms. The van der Waals surface area contributed by atoms with Gasteiger partial charge in [0.25, 0.3) is 0 Å². The van der Waals surface area contributed by atoms with Gasteiger partial charge in [0.2, 0.25) is 0 Å². The van der Waals surface area contributed by atoms with Crippen LogP contribution in [-0.2, 0) is 0 Å². The molecule has 2 nitrogen and oxygen atoms in total. The Balaban J connectivity index is 1.72. The zero-order valence-electron chi connectivity index (χ0n) is 10.1.